The second-order valence-electron chi connectivity index (χ2n) is 4.23. The molecule has 2 aromatic rings. The minimum Gasteiger partial charge on any atom is -0.0532 e. The van der Waals surface area contributed by atoms with E-state index in [0.29, 0.717) is 0 Å². The molecule has 20 heavy (non-hydrogen) atoms. The molecule has 1 aliphatic heterocycles. The van der Waals surface area contributed by atoms with Gasteiger partial charge in [-0.15, -0.1) is 0 Å². The third-order valence-electron chi connectivity index (χ3n) is 2.87. The Bertz CT molecular complexity index is 658. The molecule has 0 saturated heterocycles. The van der Waals surface area contributed by atoms with Gasteiger partial charge in [0.2, 0.25) is 0 Å². The molecule has 0 bridgehead atoms. The van der Waals surface area contributed by atoms with Crippen molar-refractivity contribution in [3.05, 3.63) is 79.9 Å². The van der Waals surface area contributed by atoms with Gasteiger partial charge in [-0.2, -0.15) is 0 Å². The van der Waals surface area contributed by atoms with Crippen molar-refractivity contribution in [3.63, 3.8) is 0 Å². The molecule has 0 aromatic heterocycles. The zero-order valence-electron chi connectivity index (χ0n) is 10.4. The summed E-state index contributed by atoms with van der Waals surface area (Å²) in [7, 11) is 2.00. The monoisotopic (exact) mass is 425 g/mol. The van der Waals surface area contributed by atoms with Crippen LogP contribution in [0.25, 0.3) is 5.57 Å². The van der Waals surface area contributed by atoms with E-state index in [2.05, 4.69) is 97.3 Å². The number of benzene rings is 2. The standard InChI is InChI=1S/C16H11Br2S2/c17-14-3-1-12(2-4-14)13-9-10-20(19-11-13)16-7-5-15(18)6-8-16/h1-11H/q+1. The van der Waals surface area contributed by atoms with Crippen LogP contribution in [0.3, 0.4) is 0 Å². The summed E-state index contributed by atoms with van der Waals surface area (Å²) in [5, 5.41) is 4.56. The first kappa shape index (κ1) is 14.5. The van der Waals surface area contributed by atoms with E-state index in [1.807, 2.05) is 10.8 Å². The zero-order chi connectivity index (χ0) is 13.9. The normalized spacial score (nSPS) is 17.9. The quantitative estimate of drug-likeness (QED) is 0.395. The van der Waals surface area contributed by atoms with E-state index in [1.165, 1.54) is 16.0 Å². The summed E-state index contributed by atoms with van der Waals surface area (Å²) in [6, 6.07) is 17.0. The van der Waals surface area contributed by atoms with Gasteiger partial charge in [-0.1, -0.05) is 44.0 Å². The van der Waals surface area contributed by atoms with Crippen molar-refractivity contribution in [2.45, 2.75) is 4.90 Å². The zero-order valence-corrected chi connectivity index (χ0v) is 15.2. The molecule has 0 N–H and O–H groups in total. The van der Waals surface area contributed by atoms with Crippen LogP contribution in [0.4, 0.5) is 0 Å². The largest absolute Gasteiger partial charge is 0.173 e. The molecule has 4 heteroatoms. The summed E-state index contributed by atoms with van der Waals surface area (Å²) in [6.07, 6.45) is 2.23. The van der Waals surface area contributed by atoms with E-state index in [-0.39, 0.29) is 9.93 Å². The summed E-state index contributed by atoms with van der Waals surface area (Å²) < 4.78 is 2.24. The number of allylic oxidation sites excluding steroid dienone is 2. The number of rotatable bonds is 2. The Hall–Kier alpha value is -0.420. The van der Waals surface area contributed by atoms with Crippen LogP contribution in [-0.2, 0) is 9.93 Å². The van der Waals surface area contributed by atoms with Gasteiger partial charge >= 0.3 is 0 Å². The van der Waals surface area contributed by atoms with E-state index in [1.54, 1.807) is 0 Å². The Morgan fingerprint density at radius 1 is 0.800 bits per heavy atom. The van der Waals surface area contributed by atoms with Crippen LogP contribution in [0.2, 0.25) is 0 Å². The summed E-state index contributed by atoms with van der Waals surface area (Å²) >= 11 is 6.95. The number of hydrogen-bond donors (Lipinski definition) is 0. The molecule has 0 fully saturated rings. The first-order valence-corrected chi connectivity index (χ1v) is 10.3. The van der Waals surface area contributed by atoms with Gasteiger partial charge in [-0.3, -0.25) is 0 Å². The topological polar surface area (TPSA) is 0 Å². The highest BCUT2D eigenvalue weighted by Crippen LogP contribution is 2.36. The highest BCUT2D eigenvalue weighted by molar-refractivity contribution is 9.10. The molecule has 100 valence electrons. The van der Waals surface area contributed by atoms with E-state index in [9.17, 15) is 0 Å². The maximum atomic E-state index is 3.48. The minimum atomic E-state index is 0.114. The Morgan fingerprint density at radius 3 is 1.95 bits per heavy atom. The van der Waals surface area contributed by atoms with E-state index in [4.69, 9.17) is 0 Å². The van der Waals surface area contributed by atoms with E-state index >= 15 is 0 Å². The fourth-order valence-electron chi connectivity index (χ4n) is 1.82. The summed E-state index contributed by atoms with van der Waals surface area (Å²) in [6.45, 7) is 0. The smallest absolute Gasteiger partial charge is 0.0532 e. The molecule has 0 spiro atoms. The molecule has 1 heterocycles. The molecular formula is C16H11Br2S2+. The van der Waals surface area contributed by atoms with E-state index in [0.717, 1.165) is 8.95 Å². The van der Waals surface area contributed by atoms with Gasteiger partial charge in [0.1, 0.15) is 26.1 Å². The van der Waals surface area contributed by atoms with Crippen molar-refractivity contribution in [1.82, 2.24) is 0 Å². The summed E-state index contributed by atoms with van der Waals surface area (Å²) in [5.74, 6) is 0. The number of halogens is 2. The molecule has 1 aliphatic rings. The Morgan fingerprint density at radius 2 is 1.40 bits per heavy atom. The molecule has 0 amide bonds. The van der Waals surface area contributed by atoms with Crippen molar-refractivity contribution in [3.8, 4) is 0 Å². The lowest BCUT2D eigenvalue weighted by molar-refractivity contribution is 1.44. The average Bonchev–Trinajstić information content (AvgIpc) is 2.49. The highest BCUT2D eigenvalue weighted by Gasteiger charge is 2.23. The van der Waals surface area contributed by atoms with Crippen LogP contribution >= 0.6 is 42.7 Å². The van der Waals surface area contributed by atoms with Crippen molar-refractivity contribution >= 4 is 58.2 Å². The SMILES string of the molecule is Brc1ccc(C2=CS[S+](c3ccc(Br)cc3)C=C2)cc1. The number of hydrogen-bond acceptors (Lipinski definition) is 1. The van der Waals surface area contributed by atoms with Gasteiger partial charge in [0.15, 0.2) is 4.90 Å². The molecular weight excluding hydrogens is 416 g/mol. The van der Waals surface area contributed by atoms with Crippen molar-refractivity contribution in [1.29, 1.82) is 0 Å². The van der Waals surface area contributed by atoms with Crippen LogP contribution in [0, 0.1) is 0 Å². The van der Waals surface area contributed by atoms with Gasteiger partial charge in [0.05, 0.1) is 0 Å². The molecule has 2 aromatic carbocycles. The van der Waals surface area contributed by atoms with Crippen molar-refractivity contribution < 1.29 is 0 Å². The van der Waals surface area contributed by atoms with Crippen LogP contribution in [0.5, 0.6) is 0 Å². The second-order valence-corrected chi connectivity index (χ2v) is 9.48. The maximum absolute atomic E-state index is 3.48. The van der Waals surface area contributed by atoms with E-state index < -0.39 is 0 Å². The molecule has 0 radical (unpaired) electrons. The van der Waals surface area contributed by atoms with Gasteiger partial charge in [-0.25, -0.2) is 0 Å². The van der Waals surface area contributed by atoms with Gasteiger partial charge < -0.3 is 0 Å². The van der Waals surface area contributed by atoms with Crippen molar-refractivity contribution in [2.24, 2.45) is 0 Å². The van der Waals surface area contributed by atoms with Crippen molar-refractivity contribution in [2.75, 3.05) is 0 Å². The first-order valence-electron chi connectivity index (χ1n) is 6.02. The predicted octanol–water partition coefficient (Wildman–Crippen LogP) is 6.41. The highest BCUT2D eigenvalue weighted by atomic mass is 79.9. The van der Waals surface area contributed by atoms with Gasteiger partial charge in [0.25, 0.3) is 0 Å². The maximum Gasteiger partial charge on any atom is 0.173 e. The van der Waals surface area contributed by atoms with Gasteiger partial charge in [0, 0.05) is 14.4 Å². The minimum absolute atomic E-state index is 0.114. The molecule has 1 unspecified atom stereocenters. The third kappa shape index (κ3) is 3.42. The van der Waals surface area contributed by atoms with Crippen LogP contribution in [-0.4, -0.2) is 0 Å². The lowest BCUT2D eigenvalue weighted by atomic mass is 10.1. The Kier molecular flexibility index (Phi) is 4.76. The Labute approximate surface area is 142 Å². The predicted molar refractivity (Wildman–Crippen MR) is 98.6 cm³/mol. The molecule has 1 atom stereocenters. The summed E-state index contributed by atoms with van der Waals surface area (Å²) in [5.41, 5.74) is 2.54. The average molecular weight is 427 g/mol. The third-order valence-corrected chi connectivity index (χ3v) is 7.43. The fourth-order valence-corrected chi connectivity index (χ4v) is 5.42. The first-order chi connectivity index (χ1) is 9.72. The molecule has 0 saturated carbocycles. The molecule has 0 nitrogen and oxygen atoms in total. The van der Waals surface area contributed by atoms with Gasteiger partial charge in [-0.05, 0) is 53.6 Å². The molecule has 0 aliphatic carbocycles. The van der Waals surface area contributed by atoms with Crippen LogP contribution < -0.4 is 0 Å². The Balaban J connectivity index is 1.77. The molecule has 3 rings (SSSR count). The summed E-state index contributed by atoms with van der Waals surface area (Å²) in [4.78, 5) is 1.36. The van der Waals surface area contributed by atoms with Crippen LogP contribution in [0.15, 0.2) is 79.3 Å². The van der Waals surface area contributed by atoms with Crippen LogP contribution in [0.1, 0.15) is 5.56 Å². The fraction of sp³-hybridized carbons (Fsp3) is 0. The second kappa shape index (κ2) is 6.56. The lowest BCUT2D eigenvalue weighted by Crippen LogP contribution is -1.95. The lowest BCUT2D eigenvalue weighted by Gasteiger charge is -2.07.